The second kappa shape index (κ2) is 2.87. The highest BCUT2D eigenvalue weighted by Gasteiger charge is 2.06. The van der Waals surface area contributed by atoms with Crippen molar-refractivity contribution in [1.29, 1.82) is 0 Å². The number of carbonyl (C=O) groups is 1. The number of carboxylic acid groups (broad SMARTS) is 1. The quantitative estimate of drug-likeness (QED) is 0.423. The summed E-state index contributed by atoms with van der Waals surface area (Å²) in [6, 6.07) is -0.816. The summed E-state index contributed by atoms with van der Waals surface area (Å²) in [7, 11) is 0. The molecule has 0 aromatic heterocycles. The van der Waals surface area contributed by atoms with Gasteiger partial charge in [-0.3, -0.25) is 4.79 Å². The van der Waals surface area contributed by atoms with Gasteiger partial charge in [0.2, 0.25) is 0 Å². The lowest BCUT2D eigenvalue weighted by Crippen LogP contribution is -2.31. The fourth-order valence-corrected chi connectivity index (χ4v) is 0.234. The third kappa shape index (κ3) is 2.47. The van der Waals surface area contributed by atoms with Crippen molar-refractivity contribution in [1.82, 2.24) is 0 Å². The Bertz CT molecular complexity index is 75.3. The van der Waals surface area contributed by atoms with Crippen molar-refractivity contribution in [2.75, 3.05) is 5.75 Å². The van der Waals surface area contributed by atoms with E-state index in [4.69, 9.17) is 10.8 Å². The predicted molar refractivity (Wildman–Crippen MR) is 29.5 cm³/mol. The van der Waals surface area contributed by atoms with Gasteiger partial charge in [-0.1, -0.05) is 0 Å². The lowest BCUT2D eigenvalue weighted by atomic mass is 10.4. The Balaban J connectivity index is 3.34. The lowest BCUT2D eigenvalue weighted by molar-refractivity contribution is -0.137. The molecule has 0 aliphatic heterocycles. The second-order valence-electron chi connectivity index (χ2n) is 1.13. The molecule has 0 aliphatic carbocycles. The normalized spacial score (nSPS) is 13.4. The van der Waals surface area contributed by atoms with E-state index in [-0.39, 0.29) is 5.75 Å². The smallest absolute Gasteiger partial charge is 0.321 e. The van der Waals surface area contributed by atoms with Crippen LogP contribution in [0.2, 0.25) is 0 Å². The van der Waals surface area contributed by atoms with Crippen LogP contribution in [0.3, 0.4) is 0 Å². The van der Waals surface area contributed by atoms with Gasteiger partial charge >= 0.3 is 5.97 Å². The first kappa shape index (κ1) is 6.78. The standard InChI is InChI=1S/C3H7NO2S/c4-2(1-7)3(5)6/h2,7H,1,4H2,(H,5,6)/t2-/m0/s1/i7-1. The Kier molecular flexibility index (Phi) is 2.78. The first-order chi connectivity index (χ1) is 3.18. The Morgan fingerprint density at radius 2 is 2.43 bits per heavy atom. The molecule has 0 unspecified atom stereocenters. The fourth-order valence-electron chi connectivity index (χ4n) is 0.0781. The largest absolute Gasteiger partial charge is 0.480 e. The van der Waals surface area contributed by atoms with Crippen LogP contribution in [0.15, 0.2) is 0 Å². The van der Waals surface area contributed by atoms with Crippen molar-refractivity contribution in [2.24, 2.45) is 5.73 Å². The average molecular weight is 120 g/mol. The highest BCUT2D eigenvalue weighted by atomic mass is 31.0. The number of aliphatic carboxylic acids is 1. The molecule has 0 rings (SSSR count). The van der Waals surface area contributed by atoms with Gasteiger partial charge in [0.15, 0.2) is 0 Å². The topological polar surface area (TPSA) is 63.3 Å². The molecule has 4 heteroatoms. The maximum absolute atomic E-state index is 9.76. The molecule has 3 nitrogen and oxygen atoms in total. The van der Waals surface area contributed by atoms with E-state index in [1.807, 2.05) is 0 Å². The van der Waals surface area contributed by atoms with E-state index in [2.05, 4.69) is 12.6 Å². The summed E-state index contributed by atoms with van der Waals surface area (Å²) in [5, 5.41) is 8.01. The Labute approximate surface area is 46.9 Å². The van der Waals surface area contributed by atoms with Gasteiger partial charge in [0, 0.05) is 5.75 Å². The lowest BCUT2D eigenvalue weighted by Gasteiger charge is -1.96. The molecule has 0 spiro atoms. The van der Waals surface area contributed by atoms with Crippen molar-refractivity contribution in [2.45, 2.75) is 6.04 Å². The van der Waals surface area contributed by atoms with Gasteiger partial charge in [-0.05, 0) is 0 Å². The maximum atomic E-state index is 9.76. The minimum atomic E-state index is -1.00. The zero-order chi connectivity index (χ0) is 5.86. The summed E-state index contributed by atoms with van der Waals surface area (Å²) in [6.07, 6.45) is 0. The number of rotatable bonds is 2. The van der Waals surface area contributed by atoms with E-state index in [0.29, 0.717) is 0 Å². The molecular formula is C3H7NO2S. The Morgan fingerprint density at radius 1 is 2.00 bits per heavy atom. The summed E-state index contributed by atoms with van der Waals surface area (Å²) in [4.78, 5) is 9.76. The van der Waals surface area contributed by atoms with E-state index in [1.54, 1.807) is 0 Å². The molecular weight excluding hydrogens is 113 g/mol. The molecule has 7 heavy (non-hydrogen) atoms. The summed E-state index contributed by atoms with van der Waals surface area (Å²) in [5.74, 6) is -0.815. The van der Waals surface area contributed by atoms with Crippen LogP contribution in [0.1, 0.15) is 0 Å². The molecule has 3 N–H and O–H groups in total. The zero-order valence-electron chi connectivity index (χ0n) is 3.66. The summed E-state index contributed by atoms with van der Waals surface area (Å²) in [5.41, 5.74) is 4.94. The number of hydrogen-bond donors (Lipinski definition) is 3. The second-order valence-corrected chi connectivity index (χ2v) is 1.49. The highest BCUT2D eigenvalue weighted by molar-refractivity contribution is 7.80. The minimum Gasteiger partial charge on any atom is -0.480 e. The van der Waals surface area contributed by atoms with Crippen LogP contribution >= 0.6 is 12.6 Å². The molecule has 42 valence electrons. The third-order valence-corrected chi connectivity index (χ3v) is 0.907. The molecule has 0 radical (unpaired) electrons. The molecule has 0 heterocycles. The van der Waals surface area contributed by atoms with Crippen LogP contribution in [0.4, 0.5) is 0 Å². The monoisotopic (exact) mass is 120 g/mol. The van der Waals surface area contributed by atoms with Gasteiger partial charge in [-0.2, -0.15) is 12.6 Å². The van der Waals surface area contributed by atoms with Crippen molar-refractivity contribution in [3.63, 3.8) is 0 Å². The van der Waals surface area contributed by atoms with Gasteiger partial charge in [0.05, 0.1) is 0 Å². The minimum absolute atomic E-state index is 0.190. The van der Waals surface area contributed by atoms with E-state index in [0.717, 1.165) is 0 Å². The van der Waals surface area contributed by atoms with E-state index >= 15 is 0 Å². The Morgan fingerprint density at radius 3 is 2.43 bits per heavy atom. The Hall–Kier alpha value is -0.220. The van der Waals surface area contributed by atoms with Crippen LogP contribution in [0.25, 0.3) is 0 Å². The molecule has 0 aromatic rings. The third-order valence-electron chi connectivity index (χ3n) is 0.514. The van der Waals surface area contributed by atoms with E-state index < -0.39 is 12.0 Å². The van der Waals surface area contributed by atoms with Crippen LogP contribution < -0.4 is 5.73 Å². The fraction of sp³-hybridized carbons (Fsp3) is 0.667. The van der Waals surface area contributed by atoms with Crippen molar-refractivity contribution < 1.29 is 9.90 Å². The van der Waals surface area contributed by atoms with Gasteiger partial charge in [-0.25, -0.2) is 0 Å². The number of hydrogen-bond acceptors (Lipinski definition) is 3. The van der Waals surface area contributed by atoms with Crippen molar-refractivity contribution >= 4 is 18.6 Å². The van der Waals surface area contributed by atoms with Crippen LogP contribution in [-0.2, 0) is 4.79 Å². The van der Waals surface area contributed by atoms with Gasteiger partial charge in [0.25, 0.3) is 0 Å². The first-order valence-corrected chi connectivity index (χ1v) is 2.41. The molecule has 0 bridgehead atoms. The number of thiol groups is 1. The zero-order valence-corrected chi connectivity index (χ0v) is 4.56. The van der Waals surface area contributed by atoms with Crippen LogP contribution in [-0.4, -0.2) is 22.9 Å². The molecule has 0 saturated heterocycles. The van der Waals surface area contributed by atoms with Gasteiger partial charge in [0.1, 0.15) is 6.04 Å². The van der Waals surface area contributed by atoms with Crippen molar-refractivity contribution in [3.05, 3.63) is 0 Å². The highest BCUT2D eigenvalue weighted by Crippen LogP contribution is 1.80. The maximum Gasteiger partial charge on any atom is 0.321 e. The van der Waals surface area contributed by atoms with Crippen molar-refractivity contribution in [3.8, 4) is 0 Å². The average Bonchev–Trinajstić information content (AvgIpc) is 1.65. The summed E-state index contributed by atoms with van der Waals surface area (Å²) >= 11 is 3.65. The number of carboxylic acids is 1. The summed E-state index contributed by atoms with van der Waals surface area (Å²) in [6.45, 7) is 0. The number of nitrogens with two attached hydrogens (primary N) is 1. The van der Waals surface area contributed by atoms with Gasteiger partial charge < -0.3 is 10.8 Å². The first-order valence-electron chi connectivity index (χ1n) is 1.77. The summed E-state index contributed by atoms with van der Waals surface area (Å²) < 4.78 is 0. The molecule has 1 atom stereocenters. The molecule has 0 amide bonds. The van der Waals surface area contributed by atoms with E-state index in [1.165, 1.54) is 0 Å². The molecule has 0 aliphatic rings. The molecule has 0 saturated carbocycles. The predicted octanol–water partition coefficient (Wildman–Crippen LogP) is -0.672. The SMILES string of the molecule is N[C@@H](C[31SH])C(=O)O. The van der Waals surface area contributed by atoms with E-state index in [9.17, 15) is 4.79 Å². The molecule has 0 aromatic carbocycles. The van der Waals surface area contributed by atoms with Crippen LogP contribution in [0, 0.1) is 0 Å². The van der Waals surface area contributed by atoms with Gasteiger partial charge in [-0.15, -0.1) is 0 Å². The molecule has 0 fully saturated rings. The van der Waals surface area contributed by atoms with Crippen LogP contribution in [0.5, 0.6) is 0 Å².